The predicted molar refractivity (Wildman–Crippen MR) is 108 cm³/mol. The zero-order valence-electron chi connectivity index (χ0n) is 16.7. The monoisotopic (exact) mass is 411 g/mol. The van der Waals surface area contributed by atoms with Gasteiger partial charge in [-0.05, 0) is 41.8 Å². The first-order valence-electron chi connectivity index (χ1n) is 9.52. The number of rotatable bonds is 5. The Kier molecular flexibility index (Phi) is 5.13. The molecule has 9 nitrogen and oxygen atoms in total. The molecule has 2 heterocycles. The summed E-state index contributed by atoms with van der Waals surface area (Å²) in [4.78, 5) is 39.1. The van der Waals surface area contributed by atoms with Crippen LogP contribution in [0.3, 0.4) is 0 Å². The van der Waals surface area contributed by atoms with Crippen molar-refractivity contribution in [3.8, 4) is 11.5 Å². The summed E-state index contributed by atoms with van der Waals surface area (Å²) in [6.07, 6.45) is 0.809. The number of nitro benzene ring substituents is 1. The van der Waals surface area contributed by atoms with Crippen LogP contribution in [0.15, 0.2) is 36.4 Å². The number of carbonyl (C=O) groups excluding carboxylic acids is 2. The Labute approximate surface area is 172 Å². The van der Waals surface area contributed by atoms with Crippen LogP contribution in [0.2, 0.25) is 0 Å². The molecule has 1 saturated heterocycles. The van der Waals surface area contributed by atoms with Crippen LogP contribution in [0.1, 0.15) is 17.5 Å². The average molecular weight is 411 g/mol. The van der Waals surface area contributed by atoms with Gasteiger partial charge in [-0.3, -0.25) is 24.6 Å². The van der Waals surface area contributed by atoms with Crippen LogP contribution in [-0.4, -0.2) is 48.4 Å². The molecule has 0 aliphatic carbocycles. The Hall–Kier alpha value is -3.46. The lowest BCUT2D eigenvalue weighted by Gasteiger charge is -2.32. The molecule has 2 aliphatic heterocycles. The topological polar surface area (TPSA) is 102 Å². The van der Waals surface area contributed by atoms with Crippen LogP contribution in [0.5, 0.6) is 11.5 Å². The van der Waals surface area contributed by atoms with Crippen molar-refractivity contribution in [3.05, 3.63) is 57.6 Å². The van der Waals surface area contributed by atoms with Crippen molar-refractivity contribution >= 4 is 23.2 Å². The average Bonchev–Trinajstić information content (AvgIpc) is 3.06. The van der Waals surface area contributed by atoms with Gasteiger partial charge in [-0.1, -0.05) is 0 Å². The lowest BCUT2D eigenvalue weighted by atomic mass is 9.97. The van der Waals surface area contributed by atoms with Crippen LogP contribution < -0.4 is 14.4 Å². The van der Waals surface area contributed by atoms with Crippen LogP contribution in [-0.2, 0) is 22.6 Å². The summed E-state index contributed by atoms with van der Waals surface area (Å²) in [5, 5.41) is 10.8. The highest BCUT2D eigenvalue weighted by molar-refractivity contribution is 6.22. The van der Waals surface area contributed by atoms with Crippen LogP contribution >= 0.6 is 0 Å². The quantitative estimate of drug-likeness (QED) is 0.423. The van der Waals surface area contributed by atoms with Gasteiger partial charge in [0.1, 0.15) is 0 Å². The standard InChI is InChI=1S/C21H21N3O6/c1-29-18-9-13-7-8-22(12-14(13)10-19(18)30-2)17-11-20(25)23(21(17)26)15-3-5-16(6-4-15)24(27)28/h3-6,9-10,17H,7-8,11-12H2,1-2H3. The second-order valence-electron chi connectivity index (χ2n) is 7.26. The van der Waals surface area contributed by atoms with E-state index in [-0.39, 0.29) is 23.9 Å². The van der Waals surface area contributed by atoms with E-state index in [1.807, 2.05) is 17.0 Å². The number of non-ortho nitro benzene ring substituents is 1. The third kappa shape index (κ3) is 3.37. The molecule has 0 spiro atoms. The Bertz CT molecular complexity index is 1020. The number of benzene rings is 2. The molecule has 0 radical (unpaired) electrons. The smallest absolute Gasteiger partial charge is 0.269 e. The van der Waals surface area contributed by atoms with Gasteiger partial charge in [-0.2, -0.15) is 0 Å². The summed E-state index contributed by atoms with van der Waals surface area (Å²) in [7, 11) is 3.17. The van der Waals surface area contributed by atoms with Gasteiger partial charge >= 0.3 is 0 Å². The van der Waals surface area contributed by atoms with Crippen molar-refractivity contribution in [3.63, 3.8) is 0 Å². The SMILES string of the molecule is COc1cc2c(cc1OC)CN(C1CC(=O)N(c3ccc([N+](=O)[O-])cc3)C1=O)CC2. The number of fused-ring (bicyclic) bond motifs is 1. The lowest BCUT2D eigenvalue weighted by Crippen LogP contribution is -2.44. The van der Waals surface area contributed by atoms with Gasteiger partial charge in [-0.15, -0.1) is 0 Å². The lowest BCUT2D eigenvalue weighted by molar-refractivity contribution is -0.384. The fraction of sp³-hybridized carbons (Fsp3) is 0.333. The second kappa shape index (κ2) is 7.75. The number of anilines is 1. The molecule has 1 fully saturated rings. The van der Waals surface area contributed by atoms with E-state index in [1.165, 1.54) is 24.3 Å². The normalized spacial score (nSPS) is 19.0. The summed E-state index contributed by atoms with van der Waals surface area (Å²) in [5.41, 5.74) is 2.43. The molecular weight excluding hydrogens is 390 g/mol. The molecule has 2 aliphatic rings. The number of ether oxygens (including phenoxy) is 2. The minimum atomic E-state index is -0.561. The summed E-state index contributed by atoms with van der Waals surface area (Å²) in [5.74, 6) is 0.676. The van der Waals surface area contributed by atoms with Crippen LogP contribution in [0.25, 0.3) is 0 Å². The van der Waals surface area contributed by atoms with E-state index >= 15 is 0 Å². The van der Waals surface area contributed by atoms with Gasteiger partial charge in [0.05, 0.1) is 37.3 Å². The number of nitrogens with zero attached hydrogens (tertiary/aromatic N) is 3. The van der Waals surface area contributed by atoms with Crippen LogP contribution in [0.4, 0.5) is 11.4 Å². The van der Waals surface area contributed by atoms with E-state index < -0.39 is 11.0 Å². The fourth-order valence-corrected chi connectivity index (χ4v) is 4.07. The summed E-state index contributed by atoms with van der Waals surface area (Å²) >= 11 is 0. The zero-order valence-corrected chi connectivity index (χ0v) is 16.7. The third-order valence-corrected chi connectivity index (χ3v) is 5.63. The molecule has 2 aromatic rings. The Morgan fingerprint density at radius 1 is 1.03 bits per heavy atom. The molecule has 9 heteroatoms. The van der Waals surface area contributed by atoms with E-state index in [0.717, 1.165) is 22.4 Å². The Balaban J connectivity index is 1.55. The highest BCUT2D eigenvalue weighted by Crippen LogP contribution is 2.35. The molecule has 4 rings (SSSR count). The number of hydrogen-bond acceptors (Lipinski definition) is 7. The van der Waals surface area contributed by atoms with Gasteiger partial charge in [-0.25, -0.2) is 4.90 Å². The molecule has 0 N–H and O–H groups in total. The highest BCUT2D eigenvalue weighted by Gasteiger charge is 2.43. The maximum absolute atomic E-state index is 13.1. The van der Waals surface area contributed by atoms with Crippen molar-refractivity contribution in [2.24, 2.45) is 0 Å². The number of nitro groups is 1. The van der Waals surface area contributed by atoms with E-state index in [1.54, 1.807) is 14.2 Å². The number of amides is 2. The van der Waals surface area contributed by atoms with Gasteiger partial charge in [0.15, 0.2) is 11.5 Å². The highest BCUT2D eigenvalue weighted by atomic mass is 16.6. The van der Waals surface area contributed by atoms with Gasteiger partial charge in [0, 0.05) is 25.2 Å². The molecule has 0 bridgehead atoms. The Morgan fingerprint density at radius 3 is 2.27 bits per heavy atom. The van der Waals surface area contributed by atoms with Crippen LogP contribution in [0, 0.1) is 10.1 Å². The first-order chi connectivity index (χ1) is 14.4. The zero-order chi connectivity index (χ0) is 21.4. The maximum atomic E-state index is 13.1. The van der Waals surface area contributed by atoms with Crippen molar-refractivity contribution in [2.45, 2.75) is 25.4 Å². The second-order valence-corrected chi connectivity index (χ2v) is 7.26. The molecule has 30 heavy (non-hydrogen) atoms. The molecular formula is C21H21N3O6. The largest absolute Gasteiger partial charge is 0.493 e. The van der Waals surface area contributed by atoms with E-state index in [0.29, 0.717) is 30.3 Å². The summed E-state index contributed by atoms with van der Waals surface area (Å²) < 4.78 is 10.7. The minimum absolute atomic E-state index is 0.0818. The van der Waals surface area contributed by atoms with E-state index in [9.17, 15) is 19.7 Å². The molecule has 1 atom stereocenters. The van der Waals surface area contributed by atoms with Gasteiger partial charge < -0.3 is 9.47 Å². The first kappa shape index (κ1) is 19.8. The molecule has 0 aromatic heterocycles. The number of imide groups is 1. The van der Waals surface area contributed by atoms with Crippen molar-refractivity contribution in [1.82, 2.24) is 4.90 Å². The fourth-order valence-electron chi connectivity index (χ4n) is 4.07. The third-order valence-electron chi connectivity index (χ3n) is 5.63. The van der Waals surface area contributed by atoms with E-state index in [4.69, 9.17) is 9.47 Å². The number of methoxy groups -OCH3 is 2. The van der Waals surface area contributed by atoms with Crippen molar-refractivity contribution < 1.29 is 24.0 Å². The molecule has 0 saturated carbocycles. The van der Waals surface area contributed by atoms with Crippen molar-refractivity contribution in [1.29, 1.82) is 0 Å². The molecule has 2 aromatic carbocycles. The maximum Gasteiger partial charge on any atom is 0.269 e. The van der Waals surface area contributed by atoms with E-state index in [2.05, 4.69) is 0 Å². The van der Waals surface area contributed by atoms with Gasteiger partial charge in [0.25, 0.3) is 11.6 Å². The summed E-state index contributed by atoms with van der Waals surface area (Å²) in [6.45, 7) is 1.16. The minimum Gasteiger partial charge on any atom is -0.493 e. The van der Waals surface area contributed by atoms with Crippen molar-refractivity contribution in [2.75, 3.05) is 25.7 Å². The first-order valence-corrected chi connectivity index (χ1v) is 9.52. The molecule has 2 amide bonds. The number of carbonyl (C=O) groups is 2. The Morgan fingerprint density at radius 2 is 1.67 bits per heavy atom. The predicted octanol–water partition coefficient (Wildman–Crippen LogP) is 2.30. The molecule has 156 valence electrons. The number of hydrogen-bond donors (Lipinski definition) is 0. The van der Waals surface area contributed by atoms with Gasteiger partial charge in [0.2, 0.25) is 5.91 Å². The molecule has 1 unspecified atom stereocenters. The summed E-state index contributed by atoms with van der Waals surface area (Å²) in [6, 6.07) is 8.75.